The quantitative estimate of drug-likeness (QED) is 0.0588. The number of carbonyl (C=O) groups excluding carboxylic acids is 4. The molecule has 2 aliphatic rings. The molecule has 4 amide bonds. The van der Waals surface area contributed by atoms with Crippen molar-refractivity contribution in [3.8, 4) is 45.5 Å². The highest BCUT2D eigenvalue weighted by molar-refractivity contribution is 6.08. The summed E-state index contributed by atoms with van der Waals surface area (Å²) in [6.45, 7) is 3.47. The van der Waals surface area contributed by atoms with Crippen molar-refractivity contribution in [1.29, 1.82) is 0 Å². The fourth-order valence-corrected chi connectivity index (χ4v) is 11.8. The average Bonchev–Trinajstić information content (AvgIpc) is 0.808. The first kappa shape index (κ1) is 69.9. The Morgan fingerprint density at radius 1 is 0.420 bits per heavy atom. The molecule has 8 aromatic carbocycles. The second kappa shape index (κ2) is 34.2. The molecule has 4 heterocycles. The van der Waals surface area contributed by atoms with Crippen molar-refractivity contribution in [2.24, 2.45) is 0 Å². The summed E-state index contributed by atoms with van der Waals surface area (Å²) < 4.78 is 52.6. The Labute approximate surface area is 583 Å². The van der Waals surface area contributed by atoms with Gasteiger partial charge < -0.3 is 49.2 Å². The van der Waals surface area contributed by atoms with Crippen LogP contribution in [0.2, 0.25) is 0 Å². The van der Waals surface area contributed by atoms with E-state index in [1.807, 2.05) is 208 Å². The number of hydrogen-bond acceptors (Lipinski definition) is 12. The Morgan fingerprint density at radius 2 is 0.790 bits per heavy atom. The summed E-state index contributed by atoms with van der Waals surface area (Å²) in [6, 6.07) is 67.2. The first-order valence-corrected chi connectivity index (χ1v) is 33.7. The van der Waals surface area contributed by atoms with Crippen molar-refractivity contribution < 1.29 is 46.9 Å². The summed E-state index contributed by atoms with van der Waals surface area (Å²) in [5.74, 6) is 0.0429. The predicted molar refractivity (Wildman–Crippen MR) is 386 cm³/mol. The molecule has 100 heavy (non-hydrogen) atoms. The maximum atomic E-state index is 14.3. The van der Waals surface area contributed by atoms with Gasteiger partial charge in [-0.05, 0) is 143 Å². The van der Waals surface area contributed by atoms with E-state index in [9.17, 15) is 28.0 Å². The molecule has 2 saturated heterocycles. The molecule has 2 N–H and O–H groups in total. The van der Waals surface area contributed by atoms with Gasteiger partial charge in [0.1, 0.15) is 48.6 Å². The summed E-state index contributed by atoms with van der Waals surface area (Å²) in [7, 11) is 7.92. The number of rotatable bonds is 24. The number of aromatic nitrogens is 2. The van der Waals surface area contributed by atoms with Crippen LogP contribution in [0.1, 0.15) is 89.4 Å². The monoisotopic (exact) mass is 1340 g/mol. The van der Waals surface area contributed by atoms with Crippen LogP contribution in [-0.2, 0) is 26.1 Å². The highest BCUT2D eigenvalue weighted by Crippen LogP contribution is 2.28. The average molecular weight is 1350 g/mol. The van der Waals surface area contributed by atoms with Gasteiger partial charge in [0.25, 0.3) is 23.6 Å². The minimum absolute atomic E-state index is 0.0378. The van der Waals surface area contributed by atoms with Crippen molar-refractivity contribution >= 4 is 35.0 Å². The smallest absolute Gasteiger partial charge is 0.254 e. The SMILES string of the molecule is CN(C)c1ccc(CCNC(=O)c2cc(F)ccc2C(=O)N2CCC(Oc3ccc(-c4ccc(COc5ccccc5)cc4)cn3)CC2)cc1.CN(C)c1ccc(CCNC(=O)c2ccc(F)cc2C(=O)N2CCC(Oc3ccc(-c4ccc(COc5ccccc5)cc4)cn3)CC2)cc1. The number of amides is 4. The van der Waals surface area contributed by atoms with Gasteiger partial charge >= 0.3 is 0 Å². The third-order valence-corrected chi connectivity index (χ3v) is 17.6. The van der Waals surface area contributed by atoms with Gasteiger partial charge in [-0.15, -0.1) is 0 Å². The molecule has 2 fully saturated rings. The van der Waals surface area contributed by atoms with Crippen LogP contribution in [0.3, 0.4) is 0 Å². The summed E-state index contributed by atoms with van der Waals surface area (Å²) >= 11 is 0. The first-order valence-electron chi connectivity index (χ1n) is 33.7. The molecule has 18 heteroatoms. The first-order chi connectivity index (χ1) is 48.6. The number of hydrogen-bond donors (Lipinski definition) is 2. The zero-order chi connectivity index (χ0) is 69.7. The molecule has 2 aromatic heterocycles. The van der Waals surface area contributed by atoms with Gasteiger partial charge in [0, 0.05) is 140 Å². The lowest BCUT2D eigenvalue weighted by Gasteiger charge is -2.32. The van der Waals surface area contributed by atoms with E-state index < -0.39 is 23.4 Å². The number of anilines is 2. The Morgan fingerprint density at radius 3 is 1.19 bits per heavy atom. The van der Waals surface area contributed by atoms with Crippen LogP contribution in [0, 0.1) is 11.6 Å². The van der Waals surface area contributed by atoms with E-state index in [4.69, 9.17) is 18.9 Å². The fourth-order valence-electron chi connectivity index (χ4n) is 11.8. The number of nitrogens with one attached hydrogen (secondary N) is 2. The Hall–Kier alpha value is -11.4. The van der Waals surface area contributed by atoms with E-state index in [0.717, 1.165) is 79.5 Å². The summed E-state index contributed by atoms with van der Waals surface area (Å²) in [4.78, 5) is 69.8. The van der Waals surface area contributed by atoms with Gasteiger partial charge in [-0.1, -0.05) is 109 Å². The van der Waals surface area contributed by atoms with E-state index in [2.05, 4.69) is 32.7 Å². The molecule has 0 atom stereocenters. The topological polar surface area (TPSA) is 168 Å². The lowest BCUT2D eigenvalue weighted by molar-refractivity contribution is 0.0577. The van der Waals surface area contributed by atoms with Crippen molar-refractivity contribution in [1.82, 2.24) is 30.4 Å². The summed E-state index contributed by atoms with van der Waals surface area (Å²) in [6.07, 6.45) is 7.00. The van der Waals surface area contributed by atoms with Crippen molar-refractivity contribution in [2.45, 2.75) is 63.9 Å². The van der Waals surface area contributed by atoms with Crippen LogP contribution in [-0.4, -0.2) is 123 Å². The van der Waals surface area contributed by atoms with Crippen molar-refractivity contribution in [2.75, 3.05) is 77.3 Å². The molecule has 2 aliphatic heterocycles. The number of pyridine rings is 2. The number of para-hydroxylation sites is 2. The Bertz CT molecular complexity index is 4310. The maximum absolute atomic E-state index is 14.3. The molecular formula is C82H82F2N8O8. The van der Waals surface area contributed by atoms with E-state index in [1.165, 1.54) is 24.3 Å². The third kappa shape index (κ3) is 19.5. The number of halogens is 2. The van der Waals surface area contributed by atoms with Crippen LogP contribution in [0.15, 0.2) is 231 Å². The van der Waals surface area contributed by atoms with Crippen LogP contribution in [0.4, 0.5) is 20.2 Å². The van der Waals surface area contributed by atoms with Gasteiger partial charge in [-0.3, -0.25) is 19.2 Å². The molecule has 0 unspecified atom stereocenters. The lowest BCUT2D eigenvalue weighted by atomic mass is 10.0. The molecule has 0 bridgehead atoms. The molecular weight excluding hydrogens is 1260 g/mol. The normalized spacial score (nSPS) is 13.1. The van der Waals surface area contributed by atoms with Crippen molar-refractivity contribution in [3.63, 3.8) is 0 Å². The highest BCUT2D eigenvalue weighted by Gasteiger charge is 2.30. The highest BCUT2D eigenvalue weighted by atomic mass is 19.1. The number of benzene rings is 8. The van der Waals surface area contributed by atoms with E-state index in [-0.39, 0.29) is 46.3 Å². The zero-order valence-corrected chi connectivity index (χ0v) is 56.7. The molecule has 0 spiro atoms. The third-order valence-electron chi connectivity index (χ3n) is 17.6. The molecule has 0 saturated carbocycles. The van der Waals surface area contributed by atoms with Gasteiger partial charge in [-0.2, -0.15) is 0 Å². The number of nitrogens with zero attached hydrogens (tertiary/aromatic N) is 6. The van der Waals surface area contributed by atoms with Gasteiger partial charge in [-0.25, -0.2) is 18.7 Å². The molecule has 12 rings (SSSR count). The van der Waals surface area contributed by atoms with Gasteiger partial charge in [0.15, 0.2) is 0 Å². The van der Waals surface area contributed by atoms with Gasteiger partial charge in [0.2, 0.25) is 11.8 Å². The van der Waals surface area contributed by atoms with E-state index in [1.54, 1.807) is 22.2 Å². The standard InChI is InChI=1S/2C41H41FN4O4/c1-45(2)34-16-10-29(11-17-34)20-23-43-40(47)38-26-33(42)15-18-37(38)41(48)46-24-21-36(22-25-46)50-39-19-14-32(27-44-39)31-12-8-30(9-13-31)28-49-35-6-4-3-5-7-35;1-45(2)34-16-10-29(11-17-34)20-23-43-40(47)37-18-15-33(42)26-38(37)41(48)46-24-21-36(22-25-46)50-39-19-14-32(27-44-39)31-12-8-30(9-13-31)28-49-35-6-4-3-5-7-35/h2*3-19,26-27,36H,20-25,28H2,1-2H3,(H,43,47). The summed E-state index contributed by atoms with van der Waals surface area (Å²) in [5.41, 5.74) is 11.0. The minimum atomic E-state index is -0.568. The predicted octanol–water partition coefficient (Wildman–Crippen LogP) is 14.4. The molecule has 10 aromatic rings. The largest absolute Gasteiger partial charge is 0.489 e. The Kier molecular flexibility index (Phi) is 23.9. The number of carbonyl (C=O) groups is 4. The zero-order valence-electron chi connectivity index (χ0n) is 56.7. The summed E-state index contributed by atoms with van der Waals surface area (Å²) in [5, 5.41) is 5.74. The van der Waals surface area contributed by atoms with E-state index >= 15 is 0 Å². The van der Waals surface area contributed by atoms with Crippen LogP contribution < -0.4 is 39.4 Å². The molecule has 512 valence electrons. The number of likely N-dealkylation sites (tertiary alicyclic amines) is 2. The maximum Gasteiger partial charge on any atom is 0.254 e. The lowest BCUT2D eigenvalue weighted by Crippen LogP contribution is -2.42. The number of ether oxygens (including phenoxy) is 4. The Balaban J connectivity index is 0.000000202. The van der Waals surface area contributed by atoms with Crippen LogP contribution in [0.5, 0.6) is 23.3 Å². The van der Waals surface area contributed by atoms with E-state index in [0.29, 0.717) is 103 Å². The van der Waals surface area contributed by atoms with Crippen LogP contribution in [0.25, 0.3) is 22.3 Å². The second-order valence-electron chi connectivity index (χ2n) is 25.1. The fraction of sp³-hybridized carbons (Fsp3) is 0.244. The second-order valence-corrected chi connectivity index (χ2v) is 25.1. The molecule has 0 radical (unpaired) electrons. The number of piperidine rings is 2. The molecule has 16 nitrogen and oxygen atoms in total. The van der Waals surface area contributed by atoms with Crippen LogP contribution >= 0.6 is 0 Å². The molecule has 0 aliphatic carbocycles. The van der Waals surface area contributed by atoms with Gasteiger partial charge in [0.05, 0.1) is 22.3 Å². The minimum Gasteiger partial charge on any atom is -0.489 e. The van der Waals surface area contributed by atoms with Crippen molar-refractivity contribution in [3.05, 3.63) is 287 Å².